The van der Waals surface area contributed by atoms with E-state index < -0.39 is 0 Å². The summed E-state index contributed by atoms with van der Waals surface area (Å²) in [5, 5.41) is 1.63. The summed E-state index contributed by atoms with van der Waals surface area (Å²) < 4.78 is 0. The Morgan fingerprint density at radius 2 is 1.94 bits per heavy atom. The van der Waals surface area contributed by atoms with Gasteiger partial charge in [-0.25, -0.2) is 4.98 Å². The van der Waals surface area contributed by atoms with E-state index in [1.165, 1.54) is 0 Å². The van der Waals surface area contributed by atoms with E-state index in [2.05, 4.69) is 24.9 Å². The summed E-state index contributed by atoms with van der Waals surface area (Å²) in [6.07, 6.45) is 2.04. The van der Waals surface area contributed by atoms with Crippen molar-refractivity contribution in [1.82, 2.24) is 4.98 Å². The fraction of sp³-hybridized carbons (Fsp3) is 0.400. The molecule has 0 fully saturated rings. The Labute approximate surface area is 113 Å². The number of aromatic nitrogens is 1. The Kier molecular flexibility index (Phi) is 4.20. The van der Waals surface area contributed by atoms with Crippen molar-refractivity contribution in [3.63, 3.8) is 0 Å². The number of nitrogens with zero attached hydrogens (tertiary/aromatic N) is 1. The third-order valence-electron chi connectivity index (χ3n) is 3.16. The Morgan fingerprint density at radius 1 is 1.22 bits per heavy atom. The molecule has 18 heavy (non-hydrogen) atoms. The number of rotatable bonds is 4. The maximum Gasteiger partial charge on any atom is 0.134 e. The monoisotopic (exact) mass is 262 g/mol. The number of hydrogen-bond donors (Lipinski definition) is 1. The second-order valence-electron chi connectivity index (χ2n) is 5.14. The molecule has 2 N–H and O–H groups in total. The zero-order valence-electron chi connectivity index (χ0n) is 10.9. The maximum atomic E-state index is 6.22. The van der Waals surface area contributed by atoms with Crippen LogP contribution in [-0.2, 0) is 0 Å². The first-order chi connectivity index (χ1) is 8.58. The molecule has 1 atom stereocenters. The van der Waals surface area contributed by atoms with E-state index in [9.17, 15) is 0 Å². The van der Waals surface area contributed by atoms with Gasteiger partial charge in [-0.3, -0.25) is 0 Å². The molecule has 0 spiro atoms. The number of nitrogens with two attached hydrogens (primary N) is 1. The van der Waals surface area contributed by atoms with E-state index in [1.54, 1.807) is 0 Å². The second kappa shape index (κ2) is 5.68. The molecule has 2 nitrogen and oxygen atoms in total. The highest BCUT2D eigenvalue weighted by molar-refractivity contribution is 6.30. The lowest BCUT2D eigenvalue weighted by molar-refractivity contribution is 0.507. The van der Waals surface area contributed by atoms with Gasteiger partial charge in [0.15, 0.2) is 0 Å². The lowest BCUT2D eigenvalue weighted by Crippen LogP contribution is -2.12. The molecule has 96 valence electrons. The van der Waals surface area contributed by atoms with Gasteiger partial charge >= 0.3 is 0 Å². The van der Waals surface area contributed by atoms with Gasteiger partial charge in [0.25, 0.3) is 0 Å². The van der Waals surface area contributed by atoms with Crippen LogP contribution in [0.15, 0.2) is 30.3 Å². The van der Waals surface area contributed by atoms with Gasteiger partial charge < -0.3 is 5.73 Å². The van der Waals surface area contributed by atoms with Crippen LogP contribution in [0.2, 0.25) is 5.15 Å². The zero-order chi connectivity index (χ0) is 13.1. The molecular formula is C15H19ClN2. The lowest BCUT2D eigenvalue weighted by Gasteiger charge is -2.15. The predicted octanol–water partition coefficient (Wildman–Crippen LogP) is 4.32. The van der Waals surface area contributed by atoms with Crippen LogP contribution in [0, 0.1) is 5.92 Å². The summed E-state index contributed by atoms with van der Waals surface area (Å²) in [5.74, 6) is 0.656. The summed E-state index contributed by atoms with van der Waals surface area (Å²) in [6, 6.07) is 10.0. The summed E-state index contributed by atoms with van der Waals surface area (Å²) in [7, 11) is 0. The molecule has 2 rings (SSSR count). The average molecular weight is 263 g/mol. The maximum absolute atomic E-state index is 6.22. The Hall–Kier alpha value is -1.12. The van der Waals surface area contributed by atoms with Gasteiger partial charge in [-0.2, -0.15) is 0 Å². The first-order valence-electron chi connectivity index (χ1n) is 6.38. The van der Waals surface area contributed by atoms with E-state index in [4.69, 9.17) is 17.3 Å². The smallest absolute Gasteiger partial charge is 0.134 e. The standard InChI is InChI=1S/C15H19ClN2/c1-10(2)7-8-13(17)12-9-11-5-3-4-6-14(11)18-15(12)16/h3-6,9-10,13H,7-8,17H2,1-2H3/t13-/m0/s1. The summed E-state index contributed by atoms with van der Waals surface area (Å²) >= 11 is 6.22. The average Bonchev–Trinajstić information content (AvgIpc) is 2.35. The van der Waals surface area contributed by atoms with Crippen LogP contribution in [0.4, 0.5) is 0 Å². The van der Waals surface area contributed by atoms with Crippen molar-refractivity contribution in [3.05, 3.63) is 41.0 Å². The van der Waals surface area contributed by atoms with E-state index in [-0.39, 0.29) is 6.04 Å². The van der Waals surface area contributed by atoms with E-state index in [1.807, 2.05) is 24.3 Å². The van der Waals surface area contributed by atoms with Crippen LogP contribution in [0.1, 0.15) is 38.3 Å². The quantitative estimate of drug-likeness (QED) is 0.834. The molecule has 2 aromatic rings. The molecule has 3 heteroatoms. The third kappa shape index (κ3) is 3.01. The first-order valence-corrected chi connectivity index (χ1v) is 6.76. The van der Waals surface area contributed by atoms with Gasteiger partial charge in [-0.1, -0.05) is 43.6 Å². The Bertz CT molecular complexity index is 537. The number of pyridine rings is 1. The van der Waals surface area contributed by atoms with Gasteiger partial charge in [0.2, 0.25) is 0 Å². The minimum absolute atomic E-state index is 0.0305. The number of halogens is 1. The lowest BCUT2D eigenvalue weighted by atomic mass is 9.98. The van der Waals surface area contributed by atoms with Crippen molar-refractivity contribution in [2.75, 3.05) is 0 Å². The minimum atomic E-state index is -0.0305. The van der Waals surface area contributed by atoms with Gasteiger partial charge in [-0.05, 0) is 30.9 Å². The first kappa shape index (κ1) is 13.3. The fourth-order valence-electron chi connectivity index (χ4n) is 2.04. The number of fused-ring (bicyclic) bond motifs is 1. The normalized spacial score (nSPS) is 13.2. The number of hydrogen-bond acceptors (Lipinski definition) is 2. The molecule has 0 aliphatic rings. The van der Waals surface area contributed by atoms with Crippen molar-refractivity contribution < 1.29 is 0 Å². The van der Waals surface area contributed by atoms with Crippen LogP contribution >= 0.6 is 11.6 Å². The van der Waals surface area contributed by atoms with Gasteiger partial charge in [0.05, 0.1) is 5.52 Å². The molecule has 0 aliphatic carbocycles. The fourth-order valence-corrected chi connectivity index (χ4v) is 2.32. The van der Waals surface area contributed by atoms with E-state index in [0.717, 1.165) is 29.3 Å². The SMILES string of the molecule is CC(C)CC[C@H](N)c1cc2ccccc2nc1Cl. The molecule has 0 aliphatic heterocycles. The second-order valence-corrected chi connectivity index (χ2v) is 5.50. The molecule has 1 aromatic heterocycles. The highest BCUT2D eigenvalue weighted by Crippen LogP contribution is 2.27. The van der Waals surface area contributed by atoms with Gasteiger partial charge in [0.1, 0.15) is 5.15 Å². The van der Waals surface area contributed by atoms with Gasteiger partial charge in [-0.15, -0.1) is 0 Å². The summed E-state index contributed by atoms with van der Waals surface area (Å²) in [5.41, 5.74) is 8.08. The van der Waals surface area contributed by atoms with Crippen LogP contribution in [0.25, 0.3) is 10.9 Å². The van der Waals surface area contributed by atoms with E-state index in [0.29, 0.717) is 11.1 Å². The molecule has 0 radical (unpaired) electrons. The number of benzene rings is 1. The van der Waals surface area contributed by atoms with Crippen molar-refractivity contribution in [2.45, 2.75) is 32.7 Å². The molecule has 0 bridgehead atoms. The number of para-hydroxylation sites is 1. The van der Waals surface area contributed by atoms with Crippen molar-refractivity contribution >= 4 is 22.5 Å². The molecule has 0 unspecified atom stereocenters. The third-order valence-corrected chi connectivity index (χ3v) is 3.46. The topological polar surface area (TPSA) is 38.9 Å². The van der Waals surface area contributed by atoms with Crippen LogP contribution in [0.3, 0.4) is 0 Å². The largest absolute Gasteiger partial charge is 0.324 e. The van der Waals surface area contributed by atoms with Crippen molar-refractivity contribution in [2.24, 2.45) is 11.7 Å². The Morgan fingerprint density at radius 3 is 2.67 bits per heavy atom. The van der Waals surface area contributed by atoms with E-state index >= 15 is 0 Å². The molecule has 1 aromatic carbocycles. The Balaban J connectivity index is 2.29. The van der Waals surface area contributed by atoms with Gasteiger partial charge in [0, 0.05) is 17.0 Å². The highest BCUT2D eigenvalue weighted by atomic mass is 35.5. The summed E-state index contributed by atoms with van der Waals surface area (Å²) in [4.78, 5) is 4.41. The molecule has 0 saturated heterocycles. The summed E-state index contributed by atoms with van der Waals surface area (Å²) in [6.45, 7) is 4.40. The highest BCUT2D eigenvalue weighted by Gasteiger charge is 2.13. The predicted molar refractivity (Wildman–Crippen MR) is 77.8 cm³/mol. The van der Waals surface area contributed by atoms with Crippen LogP contribution in [0.5, 0.6) is 0 Å². The molecule has 0 saturated carbocycles. The zero-order valence-corrected chi connectivity index (χ0v) is 11.6. The molecule has 1 heterocycles. The van der Waals surface area contributed by atoms with Crippen LogP contribution < -0.4 is 5.73 Å². The molecular weight excluding hydrogens is 244 g/mol. The van der Waals surface area contributed by atoms with Crippen molar-refractivity contribution in [1.29, 1.82) is 0 Å². The molecule has 0 amide bonds. The minimum Gasteiger partial charge on any atom is -0.324 e. The van der Waals surface area contributed by atoms with Crippen LogP contribution in [-0.4, -0.2) is 4.98 Å². The van der Waals surface area contributed by atoms with Crippen molar-refractivity contribution in [3.8, 4) is 0 Å².